The zero-order chi connectivity index (χ0) is 14.0. The summed E-state index contributed by atoms with van der Waals surface area (Å²) in [5, 5.41) is 2.52. The number of nitrogens with zero attached hydrogens (tertiary/aromatic N) is 1. The number of carbonyl (C=O) groups excluding carboxylic acids is 1. The van der Waals surface area contributed by atoms with Crippen LogP contribution in [0, 0.1) is 13.8 Å². The van der Waals surface area contributed by atoms with Crippen LogP contribution in [0.1, 0.15) is 32.2 Å². The maximum atomic E-state index is 12.4. The van der Waals surface area contributed by atoms with Crippen molar-refractivity contribution in [2.24, 2.45) is 5.73 Å². The van der Waals surface area contributed by atoms with Gasteiger partial charge in [0.15, 0.2) is 0 Å². The third-order valence-electron chi connectivity index (χ3n) is 2.95. The molecule has 0 aliphatic heterocycles. The average molecular weight is 276 g/mol. The fraction of sp³-hybridized carbons (Fsp3) is 0.286. The van der Waals surface area contributed by atoms with Gasteiger partial charge >= 0.3 is 0 Å². The molecule has 0 atom stereocenters. The lowest BCUT2D eigenvalue weighted by molar-refractivity contribution is 0.103. The Balaban J connectivity index is 2.41. The minimum Gasteiger partial charge on any atom is -0.496 e. The largest absolute Gasteiger partial charge is 0.496 e. The summed E-state index contributed by atoms with van der Waals surface area (Å²) in [7, 11) is 1.62. The molecule has 0 bridgehead atoms. The van der Waals surface area contributed by atoms with E-state index in [1.54, 1.807) is 12.5 Å². The predicted molar refractivity (Wildman–Crippen MR) is 75.9 cm³/mol. The molecule has 4 nitrogen and oxygen atoms in total. The quantitative estimate of drug-likeness (QED) is 0.871. The third-order valence-corrected chi connectivity index (χ3v) is 3.82. The summed E-state index contributed by atoms with van der Waals surface area (Å²) in [6.07, 6.45) is 0. The average Bonchev–Trinajstić information content (AvgIpc) is 2.89. The van der Waals surface area contributed by atoms with Crippen molar-refractivity contribution in [1.82, 2.24) is 4.98 Å². The van der Waals surface area contributed by atoms with E-state index in [-0.39, 0.29) is 5.78 Å². The topological polar surface area (TPSA) is 65.2 Å². The number of thiazole rings is 1. The minimum atomic E-state index is -0.0702. The molecular weight excluding hydrogens is 260 g/mol. The molecule has 2 rings (SSSR count). The van der Waals surface area contributed by atoms with Gasteiger partial charge in [-0.05, 0) is 37.1 Å². The molecule has 0 aliphatic rings. The van der Waals surface area contributed by atoms with Crippen molar-refractivity contribution >= 4 is 17.1 Å². The Morgan fingerprint density at radius 2 is 2.11 bits per heavy atom. The first-order chi connectivity index (χ1) is 9.06. The monoisotopic (exact) mass is 276 g/mol. The summed E-state index contributed by atoms with van der Waals surface area (Å²) in [6, 6.07) is 3.72. The van der Waals surface area contributed by atoms with Gasteiger partial charge < -0.3 is 10.5 Å². The van der Waals surface area contributed by atoms with Crippen LogP contribution in [0.2, 0.25) is 0 Å². The van der Waals surface area contributed by atoms with E-state index in [9.17, 15) is 4.79 Å². The van der Waals surface area contributed by atoms with Crippen molar-refractivity contribution in [2.45, 2.75) is 20.4 Å². The molecule has 5 heteroatoms. The zero-order valence-electron chi connectivity index (χ0n) is 11.2. The second kappa shape index (κ2) is 5.50. The van der Waals surface area contributed by atoms with Gasteiger partial charge in [-0.2, -0.15) is 0 Å². The first-order valence-corrected chi connectivity index (χ1v) is 6.79. The summed E-state index contributed by atoms with van der Waals surface area (Å²) >= 11 is 1.41. The van der Waals surface area contributed by atoms with Crippen LogP contribution in [0.4, 0.5) is 0 Å². The molecular formula is C14H16N2O2S. The van der Waals surface area contributed by atoms with Crippen LogP contribution >= 0.6 is 11.3 Å². The van der Waals surface area contributed by atoms with E-state index < -0.39 is 0 Å². The van der Waals surface area contributed by atoms with Gasteiger partial charge in [-0.3, -0.25) is 4.79 Å². The van der Waals surface area contributed by atoms with Gasteiger partial charge in [0, 0.05) is 17.5 Å². The lowest BCUT2D eigenvalue weighted by atomic mass is 10.00. The highest BCUT2D eigenvalue weighted by Crippen LogP contribution is 2.24. The number of nitrogens with two attached hydrogens (primary N) is 1. The molecule has 2 aromatic rings. The smallest absolute Gasteiger partial charge is 0.212 e. The number of methoxy groups -OCH3 is 1. The molecule has 0 amide bonds. The van der Waals surface area contributed by atoms with Gasteiger partial charge in [-0.25, -0.2) is 4.98 Å². The van der Waals surface area contributed by atoms with Gasteiger partial charge in [0.05, 0.1) is 7.11 Å². The molecule has 0 saturated heterocycles. The summed E-state index contributed by atoms with van der Waals surface area (Å²) in [4.78, 5) is 16.6. The summed E-state index contributed by atoms with van der Waals surface area (Å²) in [5.41, 5.74) is 8.45. The van der Waals surface area contributed by atoms with Crippen molar-refractivity contribution < 1.29 is 9.53 Å². The van der Waals surface area contributed by atoms with Crippen LogP contribution in [0.15, 0.2) is 17.5 Å². The standard InChI is InChI=1S/C14H16N2O2S/c1-8-5-12(18-3)9(2)4-10(8)14(17)11-7-19-13(6-15)16-11/h4-5,7H,6,15H2,1-3H3. The summed E-state index contributed by atoms with van der Waals surface area (Å²) < 4.78 is 5.25. The minimum absolute atomic E-state index is 0.0702. The van der Waals surface area contributed by atoms with Gasteiger partial charge in [0.1, 0.15) is 16.5 Å². The molecule has 0 radical (unpaired) electrons. The van der Waals surface area contributed by atoms with E-state index in [1.807, 2.05) is 26.0 Å². The molecule has 100 valence electrons. The number of benzene rings is 1. The normalized spacial score (nSPS) is 10.5. The number of hydrogen-bond acceptors (Lipinski definition) is 5. The van der Waals surface area contributed by atoms with E-state index in [4.69, 9.17) is 10.5 Å². The molecule has 1 heterocycles. The van der Waals surface area contributed by atoms with Gasteiger partial charge in [-0.1, -0.05) is 0 Å². The second-order valence-corrected chi connectivity index (χ2v) is 5.24. The summed E-state index contributed by atoms with van der Waals surface area (Å²) in [6.45, 7) is 4.17. The first-order valence-electron chi connectivity index (χ1n) is 5.91. The van der Waals surface area contributed by atoms with Crippen LogP contribution in [0.25, 0.3) is 0 Å². The van der Waals surface area contributed by atoms with E-state index in [2.05, 4.69) is 4.98 Å². The van der Waals surface area contributed by atoms with Crippen LogP contribution in [-0.4, -0.2) is 17.9 Å². The molecule has 0 unspecified atom stereocenters. The number of carbonyl (C=O) groups is 1. The predicted octanol–water partition coefficient (Wildman–Crippen LogP) is 2.46. The van der Waals surface area contributed by atoms with E-state index >= 15 is 0 Å². The molecule has 2 N–H and O–H groups in total. The number of aryl methyl sites for hydroxylation is 2. The number of rotatable bonds is 4. The second-order valence-electron chi connectivity index (χ2n) is 4.30. The van der Waals surface area contributed by atoms with Crippen molar-refractivity contribution in [2.75, 3.05) is 7.11 Å². The van der Waals surface area contributed by atoms with E-state index in [1.165, 1.54) is 11.3 Å². The Labute approximate surface area is 116 Å². The van der Waals surface area contributed by atoms with E-state index in [0.717, 1.165) is 21.9 Å². The Bertz CT molecular complexity index is 620. The van der Waals surface area contributed by atoms with Crippen LogP contribution in [0.3, 0.4) is 0 Å². The van der Waals surface area contributed by atoms with Crippen molar-refractivity contribution in [3.8, 4) is 5.75 Å². The Hall–Kier alpha value is -1.72. The van der Waals surface area contributed by atoms with Crippen molar-refractivity contribution in [1.29, 1.82) is 0 Å². The fourth-order valence-electron chi connectivity index (χ4n) is 1.90. The Morgan fingerprint density at radius 1 is 1.37 bits per heavy atom. The maximum Gasteiger partial charge on any atom is 0.212 e. The Morgan fingerprint density at radius 3 is 2.68 bits per heavy atom. The molecule has 0 fully saturated rings. The maximum absolute atomic E-state index is 12.4. The fourth-order valence-corrected chi connectivity index (χ4v) is 2.56. The first kappa shape index (κ1) is 13.7. The van der Waals surface area contributed by atoms with Gasteiger partial charge in [0.2, 0.25) is 5.78 Å². The van der Waals surface area contributed by atoms with Crippen molar-refractivity contribution in [3.05, 3.63) is 44.9 Å². The molecule has 0 spiro atoms. The van der Waals surface area contributed by atoms with Crippen LogP contribution in [-0.2, 0) is 6.54 Å². The molecule has 1 aromatic heterocycles. The highest BCUT2D eigenvalue weighted by molar-refractivity contribution is 7.09. The number of ketones is 1. The Kier molecular flexibility index (Phi) is 3.97. The molecule has 0 aliphatic carbocycles. The summed E-state index contributed by atoms with van der Waals surface area (Å²) in [5.74, 6) is 0.717. The highest BCUT2D eigenvalue weighted by Gasteiger charge is 2.16. The molecule has 19 heavy (non-hydrogen) atoms. The molecule has 0 saturated carbocycles. The number of hydrogen-bond donors (Lipinski definition) is 1. The third kappa shape index (κ3) is 2.67. The number of ether oxygens (including phenoxy) is 1. The lowest BCUT2D eigenvalue weighted by Crippen LogP contribution is -2.06. The SMILES string of the molecule is COc1cc(C)c(C(=O)c2csc(CN)n2)cc1C. The van der Waals surface area contributed by atoms with E-state index in [0.29, 0.717) is 17.8 Å². The van der Waals surface area contributed by atoms with Crippen molar-refractivity contribution in [3.63, 3.8) is 0 Å². The number of aromatic nitrogens is 1. The van der Waals surface area contributed by atoms with Crippen LogP contribution < -0.4 is 10.5 Å². The van der Waals surface area contributed by atoms with Crippen LogP contribution in [0.5, 0.6) is 5.75 Å². The van der Waals surface area contributed by atoms with Gasteiger partial charge in [0.25, 0.3) is 0 Å². The lowest BCUT2D eigenvalue weighted by Gasteiger charge is -2.09. The zero-order valence-corrected chi connectivity index (χ0v) is 12.0. The highest BCUT2D eigenvalue weighted by atomic mass is 32.1. The molecule has 1 aromatic carbocycles. The van der Waals surface area contributed by atoms with Gasteiger partial charge in [-0.15, -0.1) is 11.3 Å².